The van der Waals surface area contributed by atoms with Crippen molar-refractivity contribution in [3.63, 3.8) is 0 Å². The Bertz CT molecular complexity index is 999. The summed E-state index contributed by atoms with van der Waals surface area (Å²) in [5.74, 6) is -1.05. The van der Waals surface area contributed by atoms with E-state index in [1.165, 1.54) is 10.9 Å². The number of aryl methyl sites for hydroxylation is 3. The highest BCUT2D eigenvalue weighted by Gasteiger charge is 2.40. The fourth-order valence-electron chi connectivity index (χ4n) is 3.06. The molecule has 0 saturated carbocycles. The number of nitrogens with zero attached hydrogens (tertiary/aromatic N) is 3. The molecule has 0 unspecified atom stereocenters. The average molecular weight is 430 g/mol. The first-order valence-corrected chi connectivity index (χ1v) is 10.8. The molecular formula is C16H20ClN5O5S. The van der Waals surface area contributed by atoms with Crippen LogP contribution < -0.4 is 10.6 Å². The first kappa shape index (κ1) is 20.3. The first-order valence-electron chi connectivity index (χ1n) is 8.55. The predicted molar refractivity (Wildman–Crippen MR) is 99.7 cm³/mol. The normalized spacial score (nSPS) is 20.8. The molecule has 0 aromatic carbocycles. The quantitative estimate of drug-likeness (QED) is 0.671. The van der Waals surface area contributed by atoms with Crippen molar-refractivity contribution < 1.29 is 22.4 Å². The number of oxazole rings is 1. The molecule has 10 nitrogen and oxygen atoms in total. The van der Waals surface area contributed by atoms with Crippen LogP contribution >= 0.6 is 11.6 Å². The monoisotopic (exact) mass is 429 g/mol. The van der Waals surface area contributed by atoms with Crippen LogP contribution in [0.3, 0.4) is 0 Å². The lowest BCUT2D eigenvalue weighted by molar-refractivity contribution is -0.122. The Kier molecular flexibility index (Phi) is 5.75. The van der Waals surface area contributed by atoms with Crippen LogP contribution in [0.15, 0.2) is 16.8 Å². The van der Waals surface area contributed by atoms with Gasteiger partial charge in [-0.3, -0.25) is 14.3 Å². The highest BCUT2D eigenvalue weighted by atomic mass is 35.5. The number of nitrogens with one attached hydrogen (secondary N) is 2. The second-order valence-corrected chi connectivity index (χ2v) is 9.24. The number of hydrogen-bond acceptors (Lipinski definition) is 7. The van der Waals surface area contributed by atoms with Crippen LogP contribution in [0.1, 0.15) is 28.6 Å². The summed E-state index contributed by atoms with van der Waals surface area (Å²) in [6.07, 6.45) is 3.14. The third kappa shape index (κ3) is 4.90. The number of carbonyl (C=O) groups excluding carboxylic acids is 2. The van der Waals surface area contributed by atoms with Gasteiger partial charge in [-0.05, 0) is 6.92 Å². The maximum Gasteiger partial charge on any atom is 0.289 e. The highest BCUT2D eigenvalue weighted by molar-refractivity contribution is 7.91. The molecule has 152 valence electrons. The van der Waals surface area contributed by atoms with Crippen LogP contribution in [-0.2, 0) is 21.2 Å². The molecule has 12 heteroatoms. The number of carbonyl (C=O) groups is 2. The lowest BCUT2D eigenvalue weighted by Crippen LogP contribution is -2.51. The van der Waals surface area contributed by atoms with Gasteiger partial charge in [-0.2, -0.15) is 5.10 Å². The van der Waals surface area contributed by atoms with Crippen LogP contribution in [0, 0.1) is 13.8 Å². The summed E-state index contributed by atoms with van der Waals surface area (Å²) in [7, 11) is -3.40. The summed E-state index contributed by atoms with van der Waals surface area (Å²) in [5, 5.41) is 9.76. The number of hydrogen-bond donors (Lipinski definition) is 2. The average Bonchev–Trinajstić information content (AvgIpc) is 3.23. The Morgan fingerprint density at radius 3 is 2.54 bits per heavy atom. The molecule has 1 aliphatic rings. The van der Waals surface area contributed by atoms with Gasteiger partial charge in [0, 0.05) is 26.1 Å². The summed E-state index contributed by atoms with van der Waals surface area (Å²) >= 11 is 5.77. The molecule has 2 aromatic heterocycles. The van der Waals surface area contributed by atoms with Crippen molar-refractivity contribution in [2.24, 2.45) is 0 Å². The molecule has 2 aromatic rings. The van der Waals surface area contributed by atoms with E-state index in [2.05, 4.69) is 20.7 Å². The van der Waals surface area contributed by atoms with Crippen LogP contribution in [0.2, 0.25) is 5.02 Å². The van der Waals surface area contributed by atoms with Gasteiger partial charge in [0.25, 0.3) is 5.91 Å². The zero-order valence-electron chi connectivity index (χ0n) is 15.3. The van der Waals surface area contributed by atoms with Crippen LogP contribution in [0.25, 0.3) is 0 Å². The largest absolute Gasteiger partial charge is 0.436 e. The van der Waals surface area contributed by atoms with E-state index in [4.69, 9.17) is 16.0 Å². The number of rotatable bonds is 6. The fraction of sp³-hybridized carbons (Fsp3) is 0.500. The van der Waals surface area contributed by atoms with Gasteiger partial charge in [-0.15, -0.1) is 0 Å². The predicted octanol–water partition coefficient (Wildman–Crippen LogP) is 0.243. The van der Waals surface area contributed by atoms with E-state index >= 15 is 0 Å². The summed E-state index contributed by atoms with van der Waals surface area (Å²) in [6, 6.07) is -1.49. The van der Waals surface area contributed by atoms with E-state index in [1.54, 1.807) is 20.0 Å². The Morgan fingerprint density at radius 2 is 1.96 bits per heavy atom. The Balaban J connectivity index is 1.62. The van der Waals surface area contributed by atoms with Crippen molar-refractivity contribution in [3.05, 3.63) is 34.8 Å². The molecule has 0 spiro atoms. The highest BCUT2D eigenvalue weighted by Crippen LogP contribution is 2.16. The van der Waals surface area contributed by atoms with Gasteiger partial charge in [0.05, 0.1) is 40.5 Å². The van der Waals surface area contributed by atoms with E-state index in [9.17, 15) is 18.0 Å². The standard InChI is InChI=1S/C16H20ClN5O5S/c1-9-15(27-10(2)19-9)16(24)21-13-8-28(25,26)7-12(13)20-14(23)3-4-22-6-11(17)5-18-22/h5-6,12-13H,3-4,7-8H2,1-2H3,(H,20,23)(H,21,24)/t12-,13-/m1/s1. The molecule has 1 fully saturated rings. The van der Waals surface area contributed by atoms with Crippen molar-refractivity contribution in [2.75, 3.05) is 11.5 Å². The van der Waals surface area contributed by atoms with Crippen LogP contribution in [-0.4, -0.2) is 58.6 Å². The molecule has 28 heavy (non-hydrogen) atoms. The van der Waals surface area contributed by atoms with Crippen LogP contribution in [0.4, 0.5) is 0 Å². The first-order chi connectivity index (χ1) is 13.1. The van der Waals surface area contributed by atoms with Gasteiger partial charge in [0.15, 0.2) is 15.7 Å². The molecule has 0 radical (unpaired) electrons. The summed E-state index contributed by atoms with van der Waals surface area (Å²) in [4.78, 5) is 28.7. The van der Waals surface area contributed by atoms with E-state index in [-0.39, 0.29) is 29.6 Å². The summed E-state index contributed by atoms with van der Waals surface area (Å²) in [6.45, 7) is 3.53. The maximum atomic E-state index is 12.4. The van der Waals surface area contributed by atoms with Crippen LogP contribution in [0.5, 0.6) is 0 Å². The van der Waals surface area contributed by atoms with Crippen molar-refractivity contribution >= 4 is 33.3 Å². The molecule has 0 aliphatic carbocycles. The van der Waals surface area contributed by atoms with E-state index in [0.717, 1.165) is 0 Å². The minimum atomic E-state index is -3.40. The fourth-order valence-corrected chi connectivity index (χ4v) is 5.08. The molecule has 1 saturated heterocycles. The molecule has 2 atom stereocenters. The van der Waals surface area contributed by atoms with Gasteiger partial charge >= 0.3 is 0 Å². The molecule has 2 amide bonds. The van der Waals surface area contributed by atoms with Gasteiger partial charge in [-0.25, -0.2) is 13.4 Å². The second kappa shape index (κ2) is 7.92. The third-order valence-corrected chi connectivity index (χ3v) is 6.22. The van der Waals surface area contributed by atoms with Crippen molar-refractivity contribution in [3.8, 4) is 0 Å². The van der Waals surface area contributed by atoms with Gasteiger partial charge in [-0.1, -0.05) is 11.6 Å². The lowest BCUT2D eigenvalue weighted by Gasteiger charge is -2.20. The minimum Gasteiger partial charge on any atom is -0.436 e. The number of aromatic nitrogens is 3. The van der Waals surface area contributed by atoms with Crippen molar-refractivity contribution in [1.82, 2.24) is 25.4 Å². The number of amides is 2. The Labute approximate surface area is 166 Å². The molecule has 3 heterocycles. The van der Waals surface area contributed by atoms with Gasteiger partial charge in [0.1, 0.15) is 0 Å². The number of halogens is 1. The minimum absolute atomic E-state index is 0.0300. The third-order valence-electron chi connectivity index (χ3n) is 4.30. The molecule has 1 aliphatic heterocycles. The van der Waals surface area contributed by atoms with Crippen molar-refractivity contribution in [1.29, 1.82) is 0 Å². The Hall–Kier alpha value is -2.40. The Morgan fingerprint density at radius 1 is 1.29 bits per heavy atom. The number of sulfone groups is 1. The maximum absolute atomic E-state index is 12.4. The van der Waals surface area contributed by atoms with E-state index < -0.39 is 27.8 Å². The molecular weight excluding hydrogens is 410 g/mol. The topological polar surface area (TPSA) is 136 Å². The summed E-state index contributed by atoms with van der Waals surface area (Å²) < 4.78 is 30.9. The molecule has 0 bridgehead atoms. The van der Waals surface area contributed by atoms with E-state index in [0.29, 0.717) is 23.2 Å². The SMILES string of the molecule is Cc1nc(C)c(C(=O)N[C@@H]2CS(=O)(=O)C[C@H]2NC(=O)CCn2cc(Cl)cn2)o1. The van der Waals surface area contributed by atoms with Gasteiger partial charge < -0.3 is 15.1 Å². The van der Waals surface area contributed by atoms with Gasteiger partial charge in [0.2, 0.25) is 11.7 Å². The second-order valence-electron chi connectivity index (χ2n) is 6.65. The van der Waals surface area contributed by atoms with E-state index in [1.807, 2.05) is 0 Å². The molecule has 2 N–H and O–H groups in total. The molecule has 3 rings (SSSR count). The zero-order chi connectivity index (χ0) is 20.5. The summed E-state index contributed by atoms with van der Waals surface area (Å²) in [5.41, 5.74) is 0.411. The lowest BCUT2D eigenvalue weighted by atomic mass is 10.1. The zero-order valence-corrected chi connectivity index (χ0v) is 16.9. The smallest absolute Gasteiger partial charge is 0.289 e. The van der Waals surface area contributed by atoms with Crippen molar-refractivity contribution in [2.45, 2.75) is 38.9 Å².